The molecule has 1 saturated heterocycles. The predicted molar refractivity (Wildman–Crippen MR) is 93.7 cm³/mol. The normalized spacial score (nSPS) is 17.3. The van der Waals surface area contributed by atoms with Gasteiger partial charge in [0, 0.05) is 24.7 Å². The summed E-state index contributed by atoms with van der Waals surface area (Å²) in [6.45, 7) is 4.82. The van der Waals surface area contributed by atoms with Gasteiger partial charge in [0.2, 0.25) is 15.9 Å². The first-order valence-electron chi connectivity index (χ1n) is 8.39. The van der Waals surface area contributed by atoms with Crippen molar-refractivity contribution in [1.29, 1.82) is 0 Å². The number of hydrogen-bond acceptors (Lipinski definition) is 4. The highest BCUT2D eigenvalue weighted by atomic mass is 32.2. The zero-order chi connectivity index (χ0) is 17.7. The zero-order valence-corrected chi connectivity index (χ0v) is 15.4. The van der Waals surface area contributed by atoms with E-state index in [-0.39, 0.29) is 16.7 Å². The van der Waals surface area contributed by atoms with Gasteiger partial charge < -0.3 is 10.1 Å². The number of benzene rings is 1. The maximum atomic E-state index is 12.9. The Morgan fingerprint density at radius 1 is 1.29 bits per heavy atom. The van der Waals surface area contributed by atoms with E-state index in [2.05, 4.69) is 5.32 Å². The summed E-state index contributed by atoms with van der Waals surface area (Å²) in [5.74, 6) is 0.0420. The Balaban J connectivity index is 2.33. The monoisotopic (exact) mass is 354 g/mol. The lowest BCUT2D eigenvalue weighted by Gasteiger charge is -2.26. The number of sulfonamides is 1. The highest BCUT2D eigenvalue weighted by Crippen LogP contribution is 2.31. The largest absolute Gasteiger partial charge is 0.495 e. The number of carbonyl (C=O) groups is 1. The zero-order valence-electron chi connectivity index (χ0n) is 14.5. The van der Waals surface area contributed by atoms with Crippen molar-refractivity contribution in [3.05, 3.63) is 18.2 Å². The van der Waals surface area contributed by atoms with Crippen molar-refractivity contribution in [3.8, 4) is 5.75 Å². The smallest absolute Gasteiger partial charge is 0.246 e. The Bertz CT molecular complexity index is 682. The van der Waals surface area contributed by atoms with Gasteiger partial charge in [-0.1, -0.05) is 20.3 Å². The van der Waals surface area contributed by atoms with Crippen molar-refractivity contribution in [2.75, 3.05) is 25.5 Å². The number of hydrogen-bond donors (Lipinski definition) is 1. The third-order valence-electron chi connectivity index (χ3n) is 4.42. The van der Waals surface area contributed by atoms with Gasteiger partial charge in [-0.3, -0.25) is 4.79 Å². The molecule has 1 heterocycles. The summed E-state index contributed by atoms with van der Waals surface area (Å²) in [4.78, 5) is 12.2. The molecule has 24 heavy (non-hydrogen) atoms. The number of amides is 1. The lowest BCUT2D eigenvalue weighted by molar-refractivity contribution is -0.119. The molecular weight excluding hydrogens is 328 g/mol. The topological polar surface area (TPSA) is 75.7 Å². The van der Waals surface area contributed by atoms with Crippen molar-refractivity contribution in [2.45, 2.75) is 44.4 Å². The van der Waals surface area contributed by atoms with E-state index < -0.39 is 10.0 Å². The van der Waals surface area contributed by atoms with Crippen LogP contribution in [0.25, 0.3) is 0 Å². The second kappa shape index (κ2) is 7.98. The van der Waals surface area contributed by atoms with Crippen molar-refractivity contribution < 1.29 is 17.9 Å². The Hall–Kier alpha value is -1.60. The van der Waals surface area contributed by atoms with Crippen LogP contribution < -0.4 is 10.1 Å². The fourth-order valence-electron chi connectivity index (χ4n) is 2.65. The lowest BCUT2D eigenvalue weighted by atomic mass is 10.1. The molecule has 1 fully saturated rings. The van der Waals surface area contributed by atoms with Crippen LogP contribution in [0, 0.1) is 5.92 Å². The van der Waals surface area contributed by atoms with E-state index >= 15 is 0 Å². The SMILES string of the molecule is CCC(C)C(=O)Nc1ccc(OC)c(S(=O)(=O)N2CCCCC2)c1. The van der Waals surface area contributed by atoms with E-state index in [9.17, 15) is 13.2 Å². The Morgan fingerprint density at radius 2 is 1.96 bits per heavy atom. The third kappa shape index (κ3) is 4.08. The average molecular weight is 354 g/mol. The van der Waals surface area contributed by atoms with Crippen molar-refractivity contribution in [1.82, 2.24) is 4.31 Å². The van der Waals surface area contributed by atoms with E-state index in [1.165, 1.54) is 17.5 Å². The van der Waals surface area contributed by atoms with Gasteiger partial charge in [-0.15, -0.1) is 0 Å². The second-order valence-corrected chi connectivity index (χ2v) is 8.04. The van der Waals surface area contributed by atoms with Gasteiger partial charge in [0.25, 0.3) is 0 Å². The number of piperidine rings is 1. The van der Waals surface area contributed by atoms with Gasteiger partial charge in [-0.05, 0) is 37.5 Å². The summed E-state index contributed by atoms with van der Waals surface area (Å²) in [6, 6.07) is 4.74. The van der Waals surface area contributed by atoms with Crippen molar-refractivity contribution in [3.63, 3.8) is 0 Å². The molecule has 7 heteroatoms. The molecule has 1 amide bonds. The molecule has 2 rings (SSSR count). The van der Waals surface area contributed by atoms with E-state index in [1.807, 2.05) is 13.8 Å². The first kappa shape index (κ1) is 18.7. The Kier molecular flexibility index (Phi) is 6.23. The first-order chi connectivity index (χ1) is 11.4. The van der Waals surface area contributed by atoms with Gasteiger partial charge in [-0.25, -0.2) is 8.42 Å². The summed E-state index contributed by atoms with van der Waals surface area (Å²) < 4.78 is 32.6. The van der Waals surface area contributed by atoms with E-state index in [1.54, 1.807) is 12.1 Å². The van der Waals surface area contributed by atoms with Gasteiger partial charge >= 0.3 is 0 Å². The number of anilines is 1. The molecule has 0 bridgehead atoms. The van der Waals surface area contributed by atoms with Crippen LogP contribution >= 0.6 is 0 Å². The first-order valence-corrected chi connectivity index (χ1v) is 9.83. The van der Waals surface area contributed by atoms with Crippen LogP contribution in [0.4, 0.5) is 5.69 Å². The molecule has 134 valence electrons. The number of carbonyl (C=O) groups excluding carboxylic acids is 1. The Labute approximate surface area is 144 Å². The van der Waals surface area contributed by atoms with Crippen molar-refractivity contribution in [2.24, 2.45) is 5.92 Å². The molecule has 1 atom stereocenters. The van der Waals surface area contributed by atoms with Crippen molar-refractivity contribution >= 4 is 21.6 Å². The van der Waals surface area contributed by atoms with E-state index in [4.69, 9.17) is 4.74 Å². The number of ether oxygens (including phenoxy) is 1. The van der Waals surface area contributed by atoms with Crippen LogP contribution in [0.2, 0.25) is 0 Å². The summed E-state index contributed by atoms with van der Waals surface area (Å²) >= 11 is 0. The second-order valence-electron chi connectivity index (χ2n) is 6.13. The van der Waals surface area contributed by atoms with Gasteiger partial charge in [0.1, 0.15) is 10.6 Å². The minimum Gasteiger partial charge on any atom is -0.495 e. The standard InChI is InChI=1S/C17H26N2O4S/c1-4-13(2)17(20)18-14-8-9-15(23-3)16(12-14)24(21,22)19-10-6-5-7-11-19/h8-9,12-13H,4-7,10-11H2,1-3H3,(H,18,20). The molecule has 0 aliphatic carbocycles. The fraction of sp³-hybridized carbons (Fsp3) is 0.588. The molecule has 0 aromatic heterocycles. The van der Waals surface area contributed by atoms with Crippen LogP contribution in [-0.2, 0) is 14.8 Å². The van der Waals surface area contributed by atoms with E-state index in [0.29, 0.717) is 24.5 Å². The molecule has 1 unspecified atom stereocenters. The van der Waals surface area contributed by atoms with Crippen LogP contribution in [-0.4, -0.2) is 38.8 Å². The summed E-state index contributed by atoms with van der Waals surface area (Å²) in [7, 11) is -2.19. The van der Waals surface area contributed by atoms with Crippen LogP contribution in [0.1, 0.15) is 39.5 Å². The predicted octanol–water partition coefficient (Wildman–Crippen LogP) is 2.85. The third-order valence-corrected chi connectivity index (χ3v) is 6.34. The van der Waals surface area contributed by atoms with Crippen LogP contribution in [0.3, 0.4) is 0 Å². The molecule has 0 spiro atoms. The molecule has 1 aliphatic heterocycles. The summed E-state index contributed by atoms with van der Waals surface area (Å²) in [5.41, 5.74) is 0.469. The number of rotatable bonds is 6. The maximum Gasteiger partial charge on any atom is 0.246 e. The molecule has 1 N–H and O–H groups in total. The quantitative estimate of drug-likeness (QED) is 0.852. The minimum absolute atomic E-state index is 0.105. The molecule has 1 aliphatic rings. The number of methoxy groups -OCH3 is 1. The van der Waals surface area contributed by atoms with Gasteiger partial charge in [0.05, 0.1) is 7.11 Å². The van der Waals surface area contributed by atoms with Gasteiger partial charge in [-0.2, -0.15) is 4.31 Å². The minimum atomic E-state index is -3.63. The number of nitrogens with one attached hydrogen (secondary N) is 1. The highest BCUT2D eigenvalue weighted by molar-refractivity contribution is 7.89. The highest BCUT2D eigenvalue weighted by Gasteiger charge is 2.29. The van der Waals surface area contributed by atoms with Gasteiger partial charge in [0.15, 0.2) is 0 Å². The fourth-order valence-corrected chi connectivity index (χ4v) is 4.35. The molecule has 1 aromatic rings. The average Bonchev–Trinajstić information content (AvgIpc) is 2.61. The van der Waals surface area contributed by atoms with Crippen LogP contribution in [0.5, 0.6) is 5.75 Å². The van der Waals surface area contributed by atoms with Crippen LogP contribution in [0.15, 0.2) is 23.1 Å². The molecule has 1 aromatic carbocycles. The maximum absolute atomic E-state index is 12.9. The Morgan fingerprint density at radius 3 is 2.54 bits per heavy atom. The summed E-state index contributed by atoms with van der Waals surface area (Å²) in [5, 5.41) is 2.78. The molecule has 0 radical (unpaired) electrons. The molecule has 0 saturated carbocycles. The van der Waals surface area contributed by atoms with E-state index in [0.717, 1.165) is 25.7 Å². The lowest BCUT2D eigenvalue weighted by Crippen LogP contribution is -2.35. The molecule has 6 nitrogen and oxygen atoms in total. The number of nitrogens with zero attached hydrogens (tertiary/aromatic N) is 1. The molecular formula is C17H26N2O4S. The summed E-state index contributed by atoms with van der Waals surface area (Å²) in [6.07, 6.45) is 3.51.